The van der Waals surface area contributed by atoms with E-state index >= 15 is 0 Å². The van der Waals surface area contributed by atoms with Gasteiger partial charge in [-0.15, -0.1) is 0 Å². The van der Waals surface area contributed by atoms with Crippen molar-refractivity contribution in [2.45, 2.75) is 13.1 Å². The summed E-state index contributed by atoms with van der Waals surface area (Å²) in [7, 11) is 0. The molecule has 0 unspecified atom stereocenters. The van der Waals surface area contributed by atoms with E-state index in [1.807, 2.05) is 24.3 Å². The molecule has 1 fully saturated rings. The van der Waals surface area contributed by atoms with Gasteiger partial charge in [0.15, 0.2) is 0 Å². The van der Waals surface area contributed by atoms with Gasteiger partial charge >= 0.3 is 12.1 Å². The summed E-state index contributed by atoms with van der Waals surface area (Å²) in [6, 6.07) is 14.4. The van der Waals surface area contributed by atoms with Crippen LogP contribution in [-0.2, 0) is 17.8 Å². The van der Waals surface area contributed by atoms with E-state index in [0.29, 0.717) is 37.0 Å². The van der Waals surface area contributed by atoms with Gasteiger partial charge in [0, 0.05) is 23.8 Å². The van der Waals surface area contributed by atoms with E-state index in [2.05, 4.69) is 10.6 Å². The summed E-state index contributed by atoms with van der Waals surface area (Å²) in [4.78, 5) is 25.0. The summed E-state index contributed by atoms with van der Waals surface area (Å²) in [6.07, 6.45) is -0.288. The average molecular weight is 360 g/mol. The molecule has 3 amide bonds. The average Bonchev–Trinajstić information content (AvgIpc) is 3.01. The van der Waals surface area contributed by atoms with Crippen molar-refractivity contribution in [2.24, 2.45) is 0 Å². The molecule has 7 heteroatoms. The molecule has 2 N–H and O–H groups in total. The molecule has 130 valence electrons. The van der Waals surface area contributed by atoms with Crippen LogP contribution in [0.1, 0.15) is 11.1 Å². The van der Waals surface area contributed by atoms with Crippen molar-refractivity contribution in [3.63, 3.8) is 0 Å². The number of carbonyl (C=O) groups excluding carboxylic acids is 2. The quantitative estimate of drug-likeness (QED) is 0.856. The van der Waals surface area contributed by atoms with E-state index in [-0.39, 0.29) is 12.1 Å². The Morgan fingerprint density at radius 1 is 1.08 bits per heavy atom. The minimum absolute atomic E-state index is 0.286. The highest BCUT2D eigenvalue weighted by Gasteiger charge is 2.21. The van der Waals surface area contributed by atoms with E-state index in [9.17, 15) is 9.59 Å². The Kier molecular flexibility index (Phi) is 5.40. The normalized spacial score (nSPS) is 13.5. The fraction of sp³-hybridized carbons (Fsp3) is 0.222. The number of anilines is 1. The SMILES string of the molecule is O=C(NCc1ccc(Cl)cc1)Nc1ccc(CN2CCOC2=O)cc1. The first kappa shape index (κ1) is 17.1. The first-order valence-electron chi connectivity index (χ1n) is 7.90. The van der Waals surface area contributed by atoms with Crippen LogP contribution in [0.2, 0.25) is 5.02 Å². The standard InChI is InChI=1S/C18H18ClN3O3/c19-15-5-1-13(2-6-15)11-20-17(23)21-16-7-3-14(4-8-16)12-22-9-10-25-18(22)24/h1-8H,9-12H2,(H2,20,21,23). The number of amides is 3. The molecule has 1 aliphatic heterocycles. The zero-order valence-electron chi connectivity index (χ0n) is 13.5. The van der Waals surface area contributed by atoms with Gasteiger partial charge in [0.05, 0.1) is 6.54 Å². The maximum Gasteiger partial charge on any atom is 0.410 e. The molecule has 0 aromatic heterocycles. The van der Waals surface area contributed by atoms with Crippen LogP contribution in [0, 0.1) is 0 Å². The van der Waals surface area contributed by atoms with Crippen molar-refractivity contribution in [1.29, 1.82) is 0 Å². The largest absolute Gasteiger partial charge is 0.448 e. The minimum Gasteiger partial charge on any atom is -0.448 e. The molecule has 0 bridgehead atoms. The Balaban J connectivity index is 1.48. The van der Waals surface area contributed by atoms with Crippen LogP contribution in [0.3, 0.4) is 0 Å². The maximum atomic E-state index is 11.9. The second-order valence-electron chi connectivity index (χ2n) is 5.67. The number of rotatable bonds is 5. The molecular formula is C18H18ClN3O3. The molecule has 0 spiro atoms. The van der Waals surface area contributed by atoms with E-state index in [1.54, 1.807) is 29.2 Å². The van der Waals surface area contributed by atoms with Crippen LogP contribution in [0.15, 0.2) is 48.5 Å². The predicted molar refractivity (Wildman–Crippen MR) is 95.5 cm³/mol. The fourth-order valence-electron chi connectivity index (χ4n) is 2.44. The lowest BCUT2D eigenvalue weighted by Gasteiger charge is -2.13. The molecule has 0 atom stereocenters. The van der Waals surface area contributed by atoms with Gasteiger partial charge in [0.25, 0.3) is 0 Å². The van der Waals surface area contributed by atoms with E-state index in [0.717, 1.165) is 11.1 Å². The number of urea groups is 1. The number of cyclic esters (lactones) is 1. The zero-order chi connectivity index (χ0) is 17.6. The molecule has 0 radical (unpaired) electrons. The summed E-state index contributed by atoms with van der Waals surface area (Å²) in [5.74, 6) is 0. The summed E-state index contributed by atoms with van der Waals surface area (Å²) in [6.45, 7) is 1.96. The minimum atomic E-state index is -0.288. The van der Waals surface area contributed by atoms with Crippen LogP contribution < -0.4 is 10.6 Å². The van der Waals surface area contributed by atoms with Crippen molar-refractivity contribution >= 4 is 29.4 Å². The highest BCUT2D eigenvalue weighted by atomic mass is 35.5. The maximum absolute atomic E-state index is 11.9. The van der Waals surface area contributed by atoms with Gasteiger partial charge in [-0.3, -0.25) is 0 Å². The molecule has 2 aromatic rings. The van der Waals surface area contributed by atoms with Gasteiger partial charge in [-0.2, -0.15) is 0 Å². The highest BCUT2D eigenvalue weighted by Crippen LogP contribution is 2.14. The molecule has 3 rings (SSSR count). The van der Waals surface area contributed by atoms with Crippen LogP contribution in [0.25, 0.3) is 0 Å². The molecule has 6 nitrogen and oxygen atoms in total. The van der Waals surface area contributed by atoms with Crippen molar-refractivity contribution in [1.82, 2.24) is 10.2 Å². The van der Waals surface area contributed by atoms with Crippen LogP contribution in [0.5, 0.6) is 0 Å². The van der Waals surface area contributed by atoms with Gasteiger partial charge in [0.1, 0.15) is 6.61 Å². The van der Waals surface area contributed by atoms with Crippen LogP contribution >= 0.6 is 11.6 Å². The Labute approximate surface area is 150 Å². The number of carbonyl (C=O) groups is 2. The lowest BCUT2D eigenvalue weighted by atomic mass is 10.2. The number of halogens is 1. The van der Waals surface area contributed by atoms with Gasteiger partial charge in [-0.05, 0) is 35.4 Å². The van der Waals surface area contributed by atoms with E-state index < -0.39 is 0 Å². The van der Waals surface area contributed by atoms with E-state index in [1.165, 1.54) is 0 Å². The molecule has 0 saturated carbocycles. The predicted octanol–water partition coefficient (Wildman–Crippen LogP) is 3.61. The number of nitrogens with zero attached hydrogens (tertiary/aromatic N) is 1. The molecule has 1 heterocycles. The van der Waals surface area contributed by atoms with Gasteiger partial charge in [-0.25, -0.2) is 9.59 Å². The Morgan fingerprint density at radius 2 is 1.76 bits per heavy atom. The first-order valence-corrected chi connectivity index (χ1v) is 8.28. The molecule has 2 aromatic carbocycles. The van der Waals surface area contributed by atoms with Gasteiger partial charge < -0.3 is 20.3 Å². The fourth-order valence-corrected chi connectivity index (χ4v) is 2.57. The van der Waals surface area contributed by atoms with E-state index in [4.69, 9.17) is 16.3 Å². The summed E-state index contributed by atoms with van der Waals surface area (Å²) >= 11 is 5.83. The lowest BCUT2D eigenvalue weighted by molar-refractivity contribution is 0.157. The molecule has 1 aliphatic rings. The van der Waals surface area contributed by atoms with Gasteiger partial charge in [-0.1, -0.05) is 35.9 Å². The Hall–Kier alpha value is -2.73. The molecule has 0 aliphatic carbocycles. The number of benzene rings is 2. The van der Waals surface area contributed by atoms with Crippen molar-refractivity contribution in [3.05, 3.63) is 64.7 Å². The third-order valence-electron chi connectivity index (χ3n) is 3.80. The van der Waals surface area contributed by atoms with Crippen LogP contribution in [-0.4, -0.2) is 30.2 Å². The lowest BCUT2D eigenvalue weighted by Crippen LogP contribution is -2.28. The zero-order valence-corrected chi connectivity index (χ0v) is 14.3. The third-order valence-corrected chi connectivity index (χ3v) is 4.05. The Bertz CT molecular complexity index is 747. The van der Waals surface area contributed by atoms with Gasteiger partial charge in [0.2, 0.25) is 0 Å². The Morgan fingerprint density at radius 3 is 2.40 bits per heavy atom. The molecule has 1 saturated heterocycles. The monoisotopic (exact) mass is 359 g/mol. The van der Waals surface area contributed by atoms with Crippen LogP contribution in [0.4, 0.5) is 15.3 Å². The number of hydrogen-bond donors (Lipinski definition) is 2. The second kappa shape index (κ2) is 7.90. The van der Waals surface area contributed by atoms with Crippen molar-refractivity contribution in [2.75, 3.05) is 18.5 Å². The smallest absolute Gasteiger partial charge is 0.410 e. The van der Waals surface area contributed by atoms with Crippen molar-refractivity contribution < 1.29 is 14.3 Å². The third kappa shape index (κ3) is 4.87. The molecule has 25 heavy (non-hydrogen) atoms. The summed E-state index contributed by atoms with van der Waals surface area (Å²) in [5, 5.41) is 6.22. The summed E-state index contributed by atoms with van der Waals surface area (Å²) < 4.78 is 4.90. The number of hydrogen-bond acceptors (Lipinski definition) is 3. The van der Waals surface area contributed by atoms with Crippen molar-refractivity contribution in [3.8, 4) is 0 Å². The topological polar surface area (TPSA) is 70.7 Å². The molecular weight excluding hydrogens is 342 g/mol. The number of ether oxygens (including phenoxy) is 1. The highest BCUT2D eigenvalue weighted by molar-refractivity contribution is 6.30. The second-order valence-corrected chi connectivity index (χ2v) is 6.10. The first-order chi connectivity index (χ1) is 12.1. The summed E-state index contributed by atoms with van der Waals surface area (Å²) in [5.41, 5.74) is 2.62. The number of nitrogens with one attached hydrogen (secondary N) is 2.